The zero-order chi connectivity index (χ0) is 12.3. The monoisotopic (exact) mass is 254 g/mol. The summed E-state index contributed by atoms with van der Waals surface area (Å²) in [7, 11) is 1.63. The summed E-state index contributed by atoms with van der Waals surface area (Å²) in [4.78, 5) is 0. The zero-order valence-corrected chi connectivity index (χ0v) is 10.8. The molecule has 17 heavy (non-hydrogen) atoms. The van der Waals surface area contributed by atoms with E-state index in [1.54, 1.807) is 7.11 Å². The number of ether oxygens (including phenoxy) is 1. The van der Waals surface area contributed by atoms with Crippen LogP contribution in [0.15, 0.2) is 18.2 Å². The Hall–Kier alpha value is -0.930. The lowest BCUT2D eigenvalue weighted by molar-refractivity contribution is 0.403. The first-order chi connectivity index (χ1) is 8.20. The predicted molar refractivity (Wildman–Crippen MR) is 71.9 cm³/mol. The smallest absolute Gasteiger partial charge is 0.120 e. The van der Waals surface area contributed by atoms with Crippen LogP contribution in [0.25, 0.3) is 0 Å². The molecule has 0 bridgehead atoms. The zero-order valence-electron chi connectivity index (χ0n) is 10.1. The fourth-order valence-electron chi connectivity index (χ4n) is 2.28. The van der Waals surface area contributed by atoms with Gasteiger partial charge in [0.05, 0.1) is 17.8 Å². The van der Waals surface area contributed by atoms with Crippen molar-refractivity contribution in [1.29, 1.82) is 0 Å². The highest BCUT2D eigenvalue weighted by Gasteiger charge is 2.22. The second kappa shape index (κ2) is 5.61. The molecule has 1 aromatic carbocycles. The lowest BCUT2D eigenvalue weighted by Crippen LogP contribution is -2.42. The minimum atomic E-state index is 0.224. The van der Waals surface area contributed by atoms with Gasteiger partial charge in [-0.2, -0.15) is 0 Å². The topological polar surface area (TPSA) is 47.3 Å². The van der Waals surface area contributed by atoms with Gasteiger partial charge in [0.25, 0.3) is 0 Å². The molecule has 0 heterocycles. The van der Waals surface area contributed by atoms with Gasteiger partial charge in [0, 0.05) is 18.2 Å². The van der Waals surface area contributed by atoms with Crippen molar-refractivity contribution in [3.05, 3.63) is 23.2 Å². The highest BCUT2D eigenvalue weighted by atomic mass is 35.5. The van der Waals surface area contributed by atoms with Crippen LogP contribution < -0.4 is 15.8 Å². The first-order valence-electron chi connectivity index (χ1n) is 6.06. The van der Waals surface area contributed by atoms with Crippen molar-refractivity contribution < 1.29 is 4.74 Å². The van der Waals surface area contributed by atoms with Gasteiger partial charge >= 0.3 is 0 Å². The van der Waals surface area contributed by atoms with Crippen molar-refractivity contribution in [2.24, 2.45) is 5.73 Å². The second-order valence-electron chi connectivity index (χ2n) is 4.54. The molecule has 3 N–H and O–H groups in total. The third-order valence-electron chi connectivity index (χ3n) is 3.34. The number of nitrogens with two attached hydrogens (primary N) is 1. The standard InChI is InChI=1S/C13H19ClN2O/c1-17-9-6-7-12(10(14)8-9)16-13-5-3-2-4-11(13)15/h6-8,11,13,16H,2-5,15H2,1H3. The van der Waals surface area contributed by atoms with E-state index in [4.69, 9.17) is 22.1 Å². The molecule has 0 aromatic heterocycles. The van der Waals surface area contributed by atoms with E-state index in [2.05, 4.69) is 5.32 Å². The molecule has 1 aliphatic carbocycles. The first kappa shape index (κ1) is 12.5. The van der Waals surface area contributed by atoms with Crippen molar-refractivity contribution in [2.45, 2.75) is 37.8 Å². The van der Waals surface area contributed by atoms with Crippen LogP contribution in [0.3, 0.4) is 0 Å². The minimum Gasteiger partial charge on any atom is -0.497 e. The van der Waals surface area contributed by atoms with Gasteiger partial charge in [-0.05, 0) is 25.0 Å². The normalized spacial score (nSPS) is 24.4. The highest BCUT2D eigenvalue weighted by Crippen LogP contribution is 2.29. The van der Waals surface area contributed by atoms with E-state index in [-0.39, 0.29) is 6.04 Å². The Morgan fingerprint density at radius 2 is 2.12 bits per heavy atom. The first-order valence-corrected chi connectivity index (χ1v) is 6.44. The second-order valence-corrected chi connectivity index (χ2v) is 4.95. The molecule has 2 atom stereocenters. The Morgan fingerprint density at radius 1 is 1.35 bits per heavy atom. The summed E-state index contributed by atoms with van der Waals surface area (Å²) < 4.78 is 5.12. The van der Waals surface area contributed by atoms with Crippen molar-refractivity contribution >= 4 is 17.3 Å². The van der Waals surface area contributed by atoms with Crippen LogP contribution >= 0.6 is 11.6 Å². The van der Waals surface area contributed by atoms with Gasteiger partial charge in [0.1, 0.15) is 5.75 Å². The minimum absolute atomic E-state index is 0.224. The summed E-state index contributed by atoms with van der Waals surface area (Å²) in [6, 6.07) is 6.22. The molecule has 0 amide bonds. The fraction of sp³-hybridized carbons (Fsp3) is 0.538. The number of hydrogen-bond donors (Lipinski definition) is 2. The number of rotatable bonds is 3. The lowest BCUT2D eigenvalue weighted by Gasteiger charge is -2.30. The molecule has 3 nitrogen and oxygen atoms in total. The molecule has 0 spiro atoms. The predicted octanol–water partition coefficient (Wildman–Crippen LogP) is 3.03. The SMILES string of the molecule is COc1ccc(NC2CCCCC2N)c(Cl)c1. The van der Waals surface area contributed by atoms with Crippen LogP contribution in [-0.2, 0) is 0 Å². The van der Waals surface area contributed by atoms with E-state index in [0.717, 1.165) is 24.3 Å². The summed E-state index contributed by atoms with van der Waals surface area (Å²) in [5.41, 5.74) is 7.04. The van der Waals surface area contributed by atoms with Gasteiger partial charge in [-0.1, -0.05) is 24.4 Å². The van der Waals surface area contributed by atoms with E-state index < -0.39 is 0 Å². The van der Waals surface area contributed by atoms with Crippen LogP contribution in [0.5, 0.6) is 5.75 Å². The number of nitrogens with one attached hydrogen (secondary N) is 1. The van der Waals surface area contributed by atoms with Crippen molar-refractivity contribution in [1.82, 2.24) is 0 Å². The molecule has 0 radical (unpaired) electrons. The molecule has 1 aliphatic rings. The largest absolute Gasteiger partial charge is 0.497 e. The van der Waals surface area contributed by atoms with Gasteiger partial charge in [0.15, 0.2) is 0 Å². The fourth-order valence-corrected chi connectivity index (χ4v) is 2.50. The maximum atomic E-state index is 6.19. The van der Waals surface area contributed by atoms with Gasteiger partial charge in [0.2, 0.25) is 0 Å². The summed E-state index contributed by atoms with van der Waals surface area (Å²) in [6.07, 6.45) is 4.67. The van der Waals surface area contributed by atoms with Gasteiger partial charge in [-0.3, -0.25) is 0 Å². The Bertz CT molecular complexity index is 384. The lowest BCUT2D eigenvalue weighted by atomic mass is 9.91. The molecule has 94 valence electrons. The molecule has 0 saturated heterocycles. The van der Waals surface area contributed by atoms with E-state index in [1.165, 1.54) is 12.8 Å². The quantitative estimate of drug-likeness (QED) is 0.872. The molecule has 2 rings (SSSR count). The Labute approximate surface area is 107 Å². The van der Waals surface area contributed by atoms with Crippen LogP contribution in [-0.4, -0.2) is 19.2 Å². The van der Waals surface area contributed by atoms with E-state index in [9.17, 15) is 0 Å². The highest BCUT2D eigenvalue weighted by molar-refractivity contribution is 6.33. The molecule has 4 heteroatoms. The average Bonchev–Trinajstić information content (AvgIpc) is 2.34. The third kappa shape index (κ3) is 3.05. The number of hydrogen-bond acceptors (Lipinski definition) is 3. The van der Waals surface area contributed by atoms with E-state index in [1.807, 2.05) is 18.2 Å². The maximum Gasteiger partial charge on any atom is 0.120 e. The summed E-state index contributed by atoms with van der Waals surface area (Å²) in [6.45, 7) is 0. The molecular weight excluding hydrogens is 236 g/mol. The molecular formula is C13H19ClN2O. The van der Waals surface area contributed by atoms with Crippen LogP contribution in [0.4, 0.5) is 5.69 Å². The molecule has 2 unspecified atom stereocenters. The van der Waals surface area contributed by atoms with Gasteiger partial charge in [-0.25, -0.2) is 0 Å². The third-order valence-corrected chi connectivity index (χ3v) is 3.65. The summed E-state index contributed by atoms with van der Waals surface area (Å²) in [5, 5.41) is 4.12. The van der Waals surface area contributed by atoms with Gasteiger partial charge < -0.3 is 15.8 Å². The number of benzene rings is 1. The Morgan fingerprint density at radius 3 is 2.76 bits per heavy atom. The van der Waals surface area contributed by atoms with Crippen molar-refractivity contribution in [3.63, 3.8) is 0 Å². The molecule has 1 saturated carbocycles. The van der Waals surface area contributed by atoms with Crippen molar-refractivity contribution in [2.75, 3.05) is 12.4 Å². The number of methoxy groups -OCH3 is 1. The average molecular weight is 255 g/mol. The number of anilines is 1. The number of halogens is 1. The molecule has 0 aliphatic heterocycles. The summed E-state index contributed by atoms with van der Waals surface area (Å²) >= 11 is 6.19. The molecule has 1 aromatic rings. The van der Waals surface area contributed by atoms with Gasteiger partial charge in [-0.15, -0.1) is 0 Å². The Kier molecular flexibility index (Phi) is 4.13. The van der Waals surface area contributed by atoms with E-state index >= 15 is 0 Å². The molecule has 1 fully saturated rings. The maximum absolute atomic E-state index is 6.19. The van der Waals surface area contributed by atoms with Crippen LogP contribution in [0.2, 0.25) is 5.02 Å². The summed E-state index contributed by atoms with van der Waals surface area (Å²) in [5.74, 6) is 0.772. The van der Waals surface area contributed by atoms with Crippen LogP contribution in [0.1, 0.15) is 25.7 Å². The van der Waals surface area contributed by atoms with Crippen LogP contribution in [0, 0.1) is 0 Å². The van der Waals surface area contributed by atoms with Crippen molar-refractivity contribution in [3.8, 4) is 5.75 Å². The Balaban J connectivity index is 2.07. The van der Waals surface area contributed by atoms with E-state index in [0.29, 0.717) is 11.1 Å².